The van der Waals surface area contributed by atoms with Crippen molar-refractivity contribution in [1.29, 1.82) is 0 Å². The second-order valence-corrected chi connectivity index (χ2v) is 5.15. The summed E-state index contributed by atoms with van der Waals surface area (Å²) in [4.78, 5) is 13.1. The SMILES string of the molecule is CC(=O)CCN(C)Cc1ccc2c(c1)CCC2. The normalized spacial score (nSPS) is 14.1. The van der Waals surface area contributed by atoms with Gasteiger partial charge in [-0.3, -0.25) is 4.79 Å². The van der Waals surface area contributed by atoms with E-state index in [9.17, 15) is 4.79 Å². The van der Waals surface area contributed by atoms with Crippen LogP contribution in [0.3, 0.4) is 0 Å². The maximum atomic E-state index is 10.9. The van der Waals surface area contributed by atoms with Gasteiger partial charge in [-0.25, -0.2) is 0 Å². The Labute approximate surface area is 104 Å². The molecule has 0 atom stereocenters. The molecule has 0 amide bonds. The highest BCUT2D eigenvalue weighted by Crippen LogP contribution is 2.23. The first-order valence-corrected chi connectivity index (χ1v) is 6.44. The smallest absolute Gasteiger partial charge is 0.131 e. The molecule has 17 heavy (non-hydrogen) atoms. The number of ketones is 1. The standard InChI is InChI=1S/C15H21NO/c1-12(17)8-9-16(2)11-13-6-7-14-4-3-5-15(14)10-13/h6-7,10H,3-5,8-9,11H2,1-2H3. The highest BCUT2D eigenvalue weighted by molar-refractivity contribution is 5.75. The molecule has 0 spiro atoms. The zero-order valence-electron chi connectivity index (χ0n) is 10.8. The number of fused-ring (bicyclic) bond motifs is 1. The molecule has 2 heteroatoms. The second kappa shape index (κ2) is 5.46. The van der Waals surface area contributed by atoms with E-state index >= 15 is 0 Å². The van der Waals surface area contributed by atoms with E-state index < -0.39 is 0 Å². The minimum atomic E-state index is 0.269. The van der Waals surface area contributed by atoms with Gasteiger partial charge in [-0.2, -0.15) is 0 Å². The Bertz CT molecular complexity index is 411. The first-order valence-electron chi connectivity index (χ1n) is 6.44. The summed E-state index contributed by atoms with van der Waals surface area (Å²) in [6, 6.07) is 6.84. The lowest BCUT2D eigenvalue weighted by atomic mass is 10.1. The molecule has 0 fully saturated rings. The number of carbonyl (C=O) groups is 1. The maximum Gasteiger partial charge on any atom is 0.131 e. The summed E-state index contributed by atoms with van der Waals surface area (Å²) in [5.41, 5.74) is 4.43. The van der Waals surface area contributed by atoms with Gasteiger partial charge in [0.15, 0.2) is 0 Å². The van der Waals surface area contributed by atoms with Gasteiger partial charge < -0.3 is 4.90 Å². The van der Waals surface area contributed by atoms with E-state index in [-0.39, 0.29) is 5.78 Å². The van der Waals surface area contributed by atoms with Crippen LogP contribution in [0.1, 0.15) is 36.5 Å². The van der Waals surface area contributed by atoms with Crippen molar-refractivity contribution in [3.05, 3.63) is 34.9 Å². The van der Waals surface area contributed by atoms with Crippen LogP contribution in [-0.4, -0.2) is 24.3 Å². The number of Topliss-reactive ketones (excluding diaryl/α,β-unsaturated/α-hetero) is 1. The van der Waals surface area contributed by atoms with Gasteiger partial charge in [0.25, 0.3) is 0 Å². The highest BCUT2D eigenvalue weighted by atomic mass is 16.1. The number of benzene rings is 1. The molecule has 0 saturated heterocycles. The number of aryl methyl sites for hydroxylation is 2. The van der Waals surface area contributed by atoms with Crippen LogP contribution in [0.25, 0.3) is 0 Å². The molecule has 0 aromatic heterocycles. The molecule has 1 aromatic carbocycles. The molecule has 1 aliphatic rings. The molecule has 1 aromatic rings. The molecule has 0 unspecified atom stereocenters. The van der Waals surface area contributed by atoms with Crippen molar-refractivity contribution >= 4 is 5.78 Å². The molecule has 0 heterocycles. The third-order valence-electron chi connectivity index (χ3n) is 3.46. The summed E-state index contributed by atoms with van der Waals surface area (Å²) in [6.07, 6.45) is 4.44. The number of rotatable bonds is 5. The zero-order chi connectivity index (χ0) is 12.3. The Morgan fingerprint density at radius 1 is 1.29 bits per heavy atom. The van der Waals surface area contributed by atoms with Gasteiger partial charge in [0, 0.05) is 19.5 Å². The predicted molar refractivity (Wildman–Crippen MR) is 70.1 cm³/mol. The molecular weight excluding hydrogens is 210 g/mol. The largest absolute Gasteiger partial charge is 0.302 e. The molecule has 0 bridgehead atoms. The van der Waals surface area contributed by atoms with E-state index in [1.54, 1.807) is 6.92 Å². The minimum absolute atomic E-state index is 0.269. The minimum Gasteiger partial charge on any atom is -0.302 e. The summed E-state index contributed by atoms with van der Waals surface area (Å²) < 4.78 is 0. The Balaban J connectivity index is 1.92. The van der Waals surface area contributed by atoms with Crippen molar-refractivity contribution in [2.24, 2.45) is 0 Å². The average molecular weight is 231 g/mol. The maximum absolute atomic E-state index is 10.9. The molecule has 2 nitrogen and oxygen atoms in total. The lowest BCUT2D eigenvalue weighted by Crippen LogP contribution is -2.20. The molecule has 0 aliphatic heterocycles. The zero-order valence-corrected chi connectivity index (χ0v) is 10.8. The summed E-state index contributed by atoms with van der Waals surface area (Å²) >= 11 is 0. The first-order chi connectivity index (χ1) is 8.15. The summed E-state index contributed by atoms with van der Waals surface area (Å²) in [5, 5.41) is 0. The van der Waals surface area contributed by atoms with E-state index in [4.69, 9.17) is 0 Å². The highest BCUT2D eigenvalue weighted by Gasteiger charge is 2.11. The Morgan fingerprint density at radius 3 is 2.82 bits per heavy atom. The van der Waals surface area contributed by atoms with Gasteiger partial charge >= 0.3 is 0 Å². The van der Waals surface area contributed by atoms with Crippen LogP contribution in [0, 0.1) is 0 Å². The lowest BCUT2D eigenvalue weighted by Gasteiger charge is -2.16. The number of nitrogens with zero attached hydrogens (tertiary/aromatic N) is 1. The molecule has 1 aliphatic carbocycles. The van der Waals surface area contributed by atoms with Gasteiger partial charge in [-0.15, -0.1) is 0 Å². The quantitative estimate of drug-likeness (QED) is 0.776. The van der Waals surface area contributed by atoms with Gasteiger partial charge in [-0.1, -0.05) is 18.2 Å². The Kier molecular flexibility index (Phi) is 3.95. The van der Waals surface area contributed by atoms with Crippen LogP contribution in [0.4, 0.5) is 0 Å². The Hall–Kier alpha value is -1.15. The topological polar surface area (TPSA) is 20.3 Å². The van der Waals surface area contributed by atoms with Crippen molar-refractivity contribution in [3.8, 4) is 0 Å². The van der Waals surface area contributed by atoms with Crippen LogP contribution < -0.4 is 0 Å². The fourth-order valence-electron chi connectivity index (χ4n) is 2.46. The van der Waals surface area contributed by atoms with E-state index in [1.807, 2.05) is 0 Å². The van der Waals surface area contributed by atoms with E-state index in [2.05, 4.69) is 30.1 Å². The number of hydrogen-bond acceptors (Lipinski definition) is 2. The predicted octanol–water partition coefficient (Wildman–Crippen LogP) is 2.59. The van der Waals surface area contributed by atoms with E-state index in [0.29, 0.717) is 6.42 Å². The first kappa shape index (κ1) is 12.3. The van der Waals surface area contributed by atoms with Crippen molar-refractivity contribution in [3.63, 3.8) is 0 Å². The fraction of sp³-hybridized carbons (Fsp3) is 0.533. The molecule has 0 radical (unpaired) electrons. The van der Waals surface area contributed by atoms with E-state index in [0.717, 1.165) is 13.1 Å². The van der Waals surface area contributed by atoms with Crippen LogP contribution in [0.2, 0.25) is 0 Å². The van der Waals surface area contributed by atoms with Crippen LogP contribution in [-0.2, 0) is 24.2 Å². The number of carbonyl (C=O) groups excluding carboxylic acids is 1. The van der Waals surface area contributed by atoms with Gasteiger partial charge in [0.2, 0.25) is 0 Å². The Morgan fingerprint density at radius 2 is 2.06 bits per heavy atom. The molecule has 0 N–H and O–H groups in total. The third kappa shape index (κ3) is 3.40. The van der Waals surface area contributed by atoms with Crippen molar-refractivity contribution in [2.75, 3.05) is 13.6 Å². The summed E-state index contributed by atoms with van der Waals surface area (Å²) in [6.45, 7) is 3.45. The lowest BCUT2D eigenvalue weighted by molar-refractivity contribution is -0.117. The van der Waals surface area contributed by atoms with Gasteiger partial charge in [0.1, 0.15) is 5.78 Å². The molecule has 0 saturated carbocycles. The second-order valence-electron chi connectivity index (χ2n) is 5.15. The summed E-state index contributed by atoms with van der Waals surface area (Å²) in [7, 11) is 2.08. The fourth-order valence-corrected chi connectivity index (χ4v) is 2.46. The van der Waals surface area contributed by atoms with Crippen LogP contribution in [0.15, 0.2) is 18.2 Å². The number of hydrogen-bond donors (Lipinski definition) is 0. The van der Waals surface area contributed by atoms with Crippen molar-refractivity contribution in [2.45, 2.75) is 39.2 Å². The van der Waals surface area contributed by atoms with Gasteiger partial charge in [-0.05, 0) is 49.9 Å². The van der Waals surface area contributed by atoms with Crippen molar-refractivity contribution < 1.29 is 4.79 Å². The monoisotopic (exact) mass is 231 g/mol. The van der Waals surface area contributed by atoms with Crippen molar-refractivity contribution in [1.82, 2.24) is 4.90 Å². The third-order valence-corrected chi connectivity index (χ3v) is 3.46. The molecule has 2 rings (SSSR count). The molecular formula is C15H21NO. The van der Waals surface area contributed by atoms with Gasteiger partial charge in [0.05, 0.1) is 0 Å². The average Bonchev–Trinajstić information content (AvgIpc) is 2.73. The van der Waals surface area contributed by atoms with E-state index in [1.165, 1.54) is 36.0 Å². The molecule has 92 valence electrons. The summed E-state index contributed by atoms with van der Waals surface area (Å²) in [5.74, 6) is 0.269. The van der Waals surface area contributed by atoms with Crippen LogP contribution in [0.5, 0.6) is 0 Å². The van der Waals surface area contributed by atoms with Crippen LogP contribution >= 0.6 is 0 Å².